The highest BCUT2D eigenvalue weighted by Crippen LogP contribution is 2.16. The van der Waals surface area contributed by atoms with Crippen LogP contribution in [0.25, 0.3) is 0 Å². The number of rotatable bonds is 2. The molecule has 0 spiro atoms. The van der Waals surface area contributed by atoms with E-state index in [2.05, 4.69) is 10.3 Å². The number of hydrogen-bond acceptors (Lipinski definition) is 4. The minimum atomic E-state index is -0.370. The summed E-state index contributed by atoms with van der Waals surface area (Å²) >= 11 is 1.38. The number of aromatic nitrogens is 1. The van der Waals surface area contributed by atoms with Crippen LogP contribution in [-0.2, 0) is 0 Å². The Bertz CT molecular complexity index is 739. The molecule has 0 radical (unpaired) electrons. The van der Waals surface area contributed by atoms with Gasteiger partial charge in [-0.1, -0.05) is 0 Å². The van der Waals surface area contributed by atoms with Crippen molar-refractivity contribution in [2.45, 2.75) is 6.92 Å². The second kappa shape index (κ2) is 6.96. The van der Waals surface area contributed by atoms with E-state index in [9.17, 15) is 14.0 Å². The summed E-state index contributed by atoms with van der Waals surface area (Å²) in [6.45, 7) is 3.65. The summed E-state index contributed by atoms with van der Waals surface area (Å²) < 4.78 is 12.9. The molecule has 3 rings (SSSR count). The van der Waals surface area contributed by atoms with Crippen molar-refractivity contribution in [3.63, 3.8) is 0 Å². The number of benzene rings is 1. The van der Waals surface area contributed by atoms with Gasteiger partial charge in [0.25, 0.3) is 5.91 Å². The van der Waals surface area contributed by atoms with Crippen molar-refractivity contribution >= 4 is 28.4 Å². The molecule has 0 saturated carbocycles. The predicted molar refractivity (Wildman–Crippen MR) is 89.7 cm³/mol. The number of aryl methyl sites for hydroxylation is 1. The highest BCUT2D eigenvalue weighted by Gasteiger charge is 2.25. The van der Waals surface area contributed by atoms with Gasteiger partial charge in [-0.3, -0.25) is 10.1 Å². The molecule has 0 atom stereocenters. The molecule has 2 aromatic rings. The Hall–Kier alpha value is -2.48. The van der Waals surface area contributed by atoms with Crippen molar-refractivity contribution in [2.24, 2.45) is 0 Å². The Morgan fingerprint density at radius 1 is 1.12 bits per heavy atom. The number of anilines is 1. The molecule has 1 aromatic heterocycles. The molecule has 2 heterocycles. The van der Waals surface area contributed by atoms with Crippen molar-refractivity contribution < 1.29 is 14.0 Å². The summed E-state index contributed by atoms with van der Waals surface area (Å²) in [5.74, 6) is -0.518. The molecule has 0 unspecified atom stereocenters. The van der Waals surface area contributed by atoms with Gasteiger partial charge in [0.05, 0.1) is 5.69 Å². The van der Waals surface area contributed by atoms with E-state index in [1.165, 1.54) is 35.6 Å². The lowest BCUT2D eigenvalue weighted by atomic mass is 10.2. The molecule has 24 heavy (non-hydrogen) atoms. The first-order valence-corrected chi connectivity index (χ1v) is 8.44. The largest absolute Gasteiger partial charge is 0.335 e. The average Bonchev–Trinajstić information content (AvgIpc) is 3.00. The Morgan fingerprint density at radius 2 is 1.75 bits per heavy atom. The number of hydrogen-bond donors (Lipinski definition) is 1. The van der Waals surface area contributed by atoms with Gasteiger partial charge in [0.15, 0.2) is 5.13 Å². The lowest BCUT2D eigenvalue weighted by Crippen LogP contribution is -2.51. The molecule has 3 amide bonds. The zero-order valence-electron chi connectivity index (χ0n) is 13.2. The fraction of sp³-hybridized carbons (Fsp3) is 0.312. The zero-order valence-corrected chi connectivity index (χ0v) is 14.0. The molecule has 8 heteroatoms. The van der Waals surface area contributed by atoms with Gasteiger partial charge in [-0.05, 0) is 31.2 Å². The van der Waals surface area contributed by atoms with Crippen LogP contribution in [0.4, 0.5) is 14.3 Å². The number of halogens is 1. The molecule has 0 bridgehead atoms. The summed E-state index contributed by atoms with van der Waals surface area (Å²) in [6.07, 6.45) is 0. The van der Waals surface area contributed by atoms with Crippen LogP contribution < -0.4 is 5.32 Å². The summed E-state index contributed by atoms with van der Waals surface area (Å²) in [6, 6.07) is 5.28. The predicted octanol–water partition coefficient (Wildman–Crippen LogP) is 2.58. The molecule has 6 nitrogen and oxygen atoms in total. The fourth-order valence-electron chi connectivity index (χ4n) is 2.47. The number of nitrogens with one attached hydrogen (secondary N) is 1. The minimum Gasteiger partial charge on any atom is -0.335 e. The normalized spacial score (nSPS) is 14.6. The van der Waals surface area contributed by atoms with Gasteiger partial charge >= 0.3 is 6.03 Å². The summed E-state index contributed by atoms with van der Waals surface area (Å²) in [5.41, 5.74) is 1.32. The molecule has 0 aliphatic carbocycles. The van der Waals surface area contributed by atoms with Crippen molar-refractivity contribution in [3.8, 4) is 0 Å². The molecule has 1 aliphatic rings. The minimum absolute atomic E-state index is 0.148. The Balaban J connectivity index is 1.54. The van der Waals surface area contributed by atoms with Gasteiger partial charge in [-0.15, -0.1) is 11.3 Å². The fourth-order valence-corrected chi connectivity index (χ4v) is 3.15. The maximum Gasteiger partial charge on any atom is 0.323 e. The van der Waals surface area contributed by atoms with E-state index >= 15 is 0 Å². The number of thiazole rings is 1. The van der Waals surface area contributed by atoms with E-state index in [0.29, 0.717) is 36.9 Å². The van der Waals surface area contributed by atoms with Crippen LogP contribution in [0.3, 0.4) is 0 Å². The molecule has 1 aliphatic heterocycles. The molecule has 1 aromatic carbocycles. The molecular weight excluding hydrogens is 331 g/mol. The first-order chi connectivity index (χ1) is 11.5. The maximum atomic E-state index is 12.9. The van der Waals surface area contributed by atoms with E-state index in [1.54, 1.807) is 9.80 Å². The molecule has 1 saturated heterocycles. The monoisotopic (exact) mass is 348 g/mol. The Kier molecular flexibility index (Phi) is 4.75. The van der Waals surface area contributed by atoms with Gasteiger partial charge in [-0.25, -0.2) is 14.2 Å². The van der Waals surface area contributed by atoms with Crippen molar-refractivity contribution in [1.82, 2.24) is 14.8 Å². The van der Waals surface area contributed by atoms with Gasteiger partial charge in [-0.2, -0.15) is 0 Å². The van der Waals surface area contributed by atoms with E-state index < -0.39 is 0 Å². The first-order valence-electron chi connectivity index (χ1n) is 7.56. The number of carbonyl (C=O) groups excluding carboxylic acids is 2. The molecule has 126 valence electrons. The van der Waals surface area contributed by atoms with Gasteiger partial charge in [0, 0.05) is 37.1 Å². The number of nitrogens with zero attached hydrogens (tertiary/aromatic N) is 3. The van der Waals surface area contributed by atoms with Gasteiger partial charge in [0.1, 0.15) is 5.82 Å². The standard InChI is InChI=1S/C16H17FN4O2S/c1-11-10-24-15(18-11)19-16(23)21-8-6-20(7-9-21)14(22)12-2-4-13(17)5-3-12/h2-5,10H,6-9H2,1H3,(H,18,19,23). The van der Waals surface area contributed by atoms with E-state index in [-0.39, 0.29) is 17.8 Å². The van der Waals surface area contributed by atoms with Gasteiger partial charge in [0.2, 0.25) is 0 Å². The summed E-state index contributed by atoms with van der Waals surface area (Å²) in [5, 5.41) is 5.21. The highest BCUT2D eigenvalue weighted by atomic mass is 32.1. The van der Waals surface area contributed by atoms with Crippen LogP contribution in [0, 0.1) is 12.7 Å². The maximum absolute atomic E-state index is 12.9. The van der Waals surface area contributed by atoms with E-state index in [0.717, 1.165) is 5.69 Å². The van der Waals surface area contributed by atoms with Crippen LogP contribution in [0.5, 0.6) is 0 Å². The summed E-state index contributed by atoms with van der Waals surface area (Å²) in [7, 11) is 0. The van der Waals surface area contributed by atoms with Crippen LogP contribution in [0.1, 0.15) is 16.1 Å². The SMILES string of the molecule is Cc1csc(NC(=O)N2CCN(C(=O)c3ccc(F)cc3)CC2)n1. The Labute approximate surface area is 142 Å². The smallest absolute Gasteiger partial charge is 0.323 e. The lowest BCUT2D eigenvalue weighted by molar-refractivity contribution is 0.0671. The van der Waals surface area contributed by atoms with Crippen molar-refractivity contribution in [1.29, 1.82) is 0 Å². The number of piperazine rings is 1. The van der Waals surface area contributed by atoms with E-state index in [4.69, 9.17) is 0 Å². The van der Waals surface area contributed by atoms with Gasteiger partial charge < -0.3 is 9.80 Å². The third-order valence-corrected chi connectivity index (χ3v) is 4.65. The third-order valence-electron chi connectivity index (χ3n) is 3.78. The summed E-state index contributed by atoms with van der Waals surface area (Å²) in [4.78, 5) is 32.1. The van der Waals surface area contributed by atoms with Crippen LogP contribution in [0.2, 0.25) is 0 Å². The highest BCUT2D eigenvalue weighted by molar-refractivity contribution is 7.13. The van der Waals surface area contributed by atoms with E-state index in [1.807, 2.05) is 12.3 Å². The quantitative estimate of drug-likeness (QED) is 0.907. The average molecular weight is 348 g/mol. The molecule has 1 N–H and O–H groups in total. The third kappa shape index (κ3) is 3.70. The number of amides is 3. The second-order valence-corrected chi connectivity index (χ2v) is 6.37. The zero-order chi connectivity index (χ0) is 17.1. The van der Waals surface area contributed by atoms with Crippen LogP contribution in [-0.4, -0.2) is 52.9 Å². The Morgan fingerprint density at radius 3 is 2.33 bits per heavy atom. The molecular formula is C16H17FN4O2S. The number of urea groups is 1. The topological polar surface area (TPSA) is 65.5 Å². The van der Waals surface area contributed by atoms with Crippen LogP contribution >= 0.6 is 11.3 Å². The van der Waals surface area contributed by atoms with Crippen LogP contribution in [0.15, 0.2) is 29.6 Å². The second-order valence-electron chi connectivity index (χ2n) is 5.51. The number of carbonyl (C=O) groups is 2. The van der Waals surface area contributed by atoms with Crippen molar-refractivity contribution in [3.05, 3.63) is 46.7 Å². The first kappa shape index (κ1) is 16.4. The molecule has 1 fully saturated rings. The van der Waals surface area contributed by atoms with Crippen molar-refractivity contribution in [2.75, 3.05) is 31.5 Å². The lowest BCUT2D eigenvalue weighted by Gasteiger charge is -2.34.